The lowest BCUT2D eigenvalue weighted by Crippen LogP contribution is -2.32. The first-order valence-electron chi connectivity index (χ1n) is 8.13. The van der Waals surface area contributed by atoms with Gasteiger partial charge < -0.3 is 9.32 Å². The van der Waals surface area contributed by atoms with E-state index < -0.39 is 0 Å². The highest BCUT2D eigenvalue weighted by Gasteiger charge is 2.23. The average Bonchev–Trinajstić information content (AvgIpc) is 2.98. The summed E-state index contributed by atoms with van der Waals surface area (Å²) in [4.78, 5) is 4.51. The van der Waals surface area contributed by atoms with Gasteiger partial charge in [-0.05, 0) is 51.0 Å². The lowest BCUT2D eigenvalue weighted by molar-refractivity contribution is 0.225. The normalized spacial score (nSPS) is 12.1. The zero-order chi connectivity index (χ0) is 17.1. The number of para-hydroxylation sites is 1. The Morgan fingerprint density at radius 3 is 2.19 bits per heavy atom. The smallest absolute Gasteiger partial charge is 0.134 e. The molecule has 0 spiro atoms. The van der Waals surface area contributed by atoms with Gasteiger partial charge in [0.1, 0.15) is 11.3 Å². The topological polar surface area (TPSA) is 19.6 Å². The summed E-state index contributed by atoms with van der Waals surface area (Å²) in [7, 11) is 6.31. The maximum absolute atomic E-state index is 6.15. The van der Waals surface area contributed by atoms with E-state index in [-0.39, 0.29) is 30.9 Å². The van der Waals surface area contributed by atoms with Gasteiger partial charge in [-0.3, -0.25) is 4.90 Å². The third-order valence-electron chi connectivity index (χ3n) is 4.24. The fourth-order valence-corrected chi connectivity index (χ4v) is 3.03. The van der Waals surface area contributed by atoms with Gasteiger partial charge in [0.15, 0.2) is 0 Å². The summed E-state index contributed by atoms with van der Waals surface area (Å²) in [6, 6.07) is 18.4. The minimum atomic E-state index is 0. The van der Waals surface area contributed by atoms with Crippen molar-refractivity contribution in [2.24, 2.45) is 0 Å². The van der Waals surface area contributed by atoms with Gasteiger partial charge >= 0.3 is 0 Å². The molecule has 0 radical (unpaired) electrons. The SMILES string of the molecule is CN(C)CCN(C)C(c1ccc(Cl)cc1)c1cc2ccccc2o1.Cl.Cl. The maximum Gasteiger partial charge on any atom is 0.134 e. The molecule has 1 unspecified atom stereocenters. The Labute approximate surface area is 172 Å². The molecule has 0 aliphatic heterocycles. The van der Waals surface area contributed by atoms with Gasteiger partial charge in [0, 0.05) is 23.5 Å². The monoisotopic (exact) mass is 414 g/mol. The molecule has 1 aromatic heterocycles. The third-order valence-corrected chi connectivity index (χ3v) is 4.49. The van der Waals surface area contributed by atoms with Crippen LogP contribution >= 0.6 is 36.4 Å². The van der Waals surface area contributed by atoms with Crippen molar-refractivity contribution in [3.05, 3.63) is 70.9 Å². The molecular weight excluding hydrogens is 391 g/mol. The second-order valence-corrected chi connectivity index (χ2v) is 6.86. The van der Waals surface area contributed by atoms with E-state index in [4.69, 9.17) is 16.0 Å². The molecule has 1 atom stereocenters. The predicted octanol–water partition coefficient (Wildman–Crippen LogP) is 5.51. The number of rotatable bonds is 6. The molecular formula is C20H25Cl3N2O. The van der Waals surface area contributed by atoms with Crippen LogP contribution < -0.4 is 0 Å². The number of hydrogen-bond donors (Lipinski definition) is 0. The van der Waals surface area contributed by atoms with E-state index in [1.165, 1.54) is 5.56 Å². The van der Waals surface area contributed by atoms with E-state index in [2.05, 4.69) is 55.2 Å². The molecule has 0 bridgehead atoms. The molecule has 26 heavy (non-hydrogen) atoms. The highest BCUT2D eigenvalue weighted by atomic mass is 35.5. The quantitative estimate of drug-likeness (QED) is 0.529. The summed E-state index contributed by atoms with van der Waals surface area (Å²) in [5.41, 5.74) is 2.10. The molecule has 1 heterocycles. The largest absolute Gasteiger partial charge is 0.459 e. The van der Waals surface area contributed by atoms with E-state index in [0.717, 1.165) is 34.8 Å². The number of likely N-dealkylation sites (N-methyl/N-ethyl adjacent to an activating group) is 2. The van der Waals surface area contributed by atoms with Crippen molar-refractivity contribution < 1.29 is 4.42 Å². The highest BCUT2D eigenvalue weighted by Crippen LogP contribution is 2.32. The van der Waals surface area contributed by atoms with E-state index in [1.807, 2.05) is 30.3 Å². The zero-order valence-corrected chi connectivity index (χ0v) is 17.6. The van der Waals surface area contributed by atoms with Gasteiger partial charge in [0.05, 0.1) is 6.04 Å². The fraction of sp³-hybridized carbons (Fsp3) is 0.300. The number of nitrogens with zero attached hydrogens (tertiary/aromatic N) is 2. The molecule has 0 fully saturated rings. The Bertz CT molecular complexity index is 769. The van der Waals surface area contributed by atoms with E-state index in [9.17, 15) is 0 Å². The molecule has 2 aromatic carbocycles. The van der Waals surface area contributed by atoms with Crippen molar-refractivity contribution in [3.8, 4) is 0 Å². The molecule has 0 saturated heterocycles. The second-order valence-electron chi connectivity index (χ2n) is 6.42. The fourth-order valence-electron chi connectivity index (χ4n) is 2.91. The standard InChI is InChI=1S/C20H23ClN2O.2ClH/c1-22(2)12-13-23(3)20(15-8-10-17(21)11-9-15)19-14-16-6-4-5-7-18(16)24-19;;/h4-11,14,20H,12-13H2,1-3H3;2*1H. The molecule has 0 aliphatic rings. The van der Waals surface area contributed by atoms with Crippen molar-refractivity contribution >= 4 is 47.4 Å². The van der Waals surface area contributed by atoms with E-state index >= 15 is 0 Å². The number of fused-ring (bicyclic) bond motifs is 1. The molecule has 0 saturated carbocycles. The molecule has 0 amide bonds. The minimum Gasteiger partial charge on any atom is -0.459 e. The Kier molecular flexibility index (Phi) is 8.94. The lowest BCUT2D eigenvalue weighted by Gasteiger charge is -2.28. The third kappa shape index (κ3) is 5.38. The summed E-state index contributed by atoms with van der Waals surface area (Å²) in [5.74, 6) is 0.958. The van der Waals surface area contributed by atoms with Crippen molar-refractivity contribution in [3.63, 3.8) is 0 Å². The van der Waals surface area contributed by atoms with Gasteiger partial charge in [-0.1, -0.05) is 41.9 Å². The zero-order valence-electron chi connectivity index (χ0n) is 15.2. The van der Waals surface area contributed by atoms with E-state index in [0.29, 0.717) is 0 Å². The van der Waals surface area contributed by atoms with Crippen LogP contribution in [0.5, 0.6) is 0 Å². The summed E-state index contributed by atoms with van der Waals surface area (Å²) in [6.45, 7) is 1.93. The van der Waals surface area contributed by atoms with Crippen LogP contribution in [0.25, 0.3) is 11.0 Å². The Morgan fingerprint density at radius 1 is 0.923 bits per heavy atom. The van der Waals surface area contributed by atoms with Gasteiger partial charge in [0.25, 0.3) is 0 Å². The Balaban J connectivity index is 0.00000169. The van der Waals surface area contributed by atoms with Crippen LogP contribution in [-0.2, 0) is 0 Å². The molecule has 0 N–H and O–H groups in total. The van der Waals surface area contributed by atoms with Crippen molar-refractivity contribution in [1.82, 2.24) is 9.80 Å². The van der Waals surface area contributed by atoms with Crippen LogP contribution in [0.3, 0.4) is 0 Å². The van der Waals surface area contributed by atoms with Crippen LogP contribution in [0.1, 0.15) is 17.4 Å². The second kappa shape index (κ2) is 10.2. The summed E-state index contributed by atoms with van der Waals surface area (Å²) in [5, 5.41) is 1.88. The molecule has 142 valence electrons. The van der Waals surface area contributed by atoms with Crippen LogP contribution in [0.2, 0.25) is 5.02 Å². The van der Waals surface area contributed by atoms with Gasteiger partial charge in [-0.25, -0.2) is 0 Å². The molecule has 0 aliphatic carbocycles. The summed E-state index contributed by atoms with van der Waals surface area (Å²) < 4.78 is 6.15. The van der Waals surface area contributed by atoms with E-state index in [1.54, 1.807) is 0 Å². The van der Waals surface area contributed by atoms with Crippen LogP contribution in [0.15, 0.2) is 59.0 Å². The maximum atomic E-state index is 6.15. The van der Waals surface area contributed by atoms with Gasteiger partial charge in [0.2, 0.25) is 0 Å². The van der Waals surface area contributed by atoms with Crippen LogP contribution in [0.4, 0.5) is 0 Å². The first-order valence-corrected chi connectivity index (χ1v) is 8.51. The lowest BCUT2D eigenvalue weighted by atomic mass is 10.0. The van der Waals surface area contributed by atoms with Crippen molar-refractivity contribution in [1.29, 1.82) is 0 Å². The van der Waals surface area contributed by atoms with Crippen molar-refractivity contribution in [2.75, 3.05) is 34.2 Å². The summed E-state index contributed by atoms with van der Waals surface area (Å²) in [6.07, 6.45) is 0. The number of furan rings is 1. The molecule has 3 aromatic rings. The molecule has 3 nitrogen and oxygen atoms in total. The molecule has 6 heteroatoms. The predicted molar refractivity (Wildman–Crippen MR) is 115 cm³/mol. The Hall–Kier alpha value is -1.23. The summed E-state index contributed by atoms with van der Waals surface area (Å²) >= 11 is 6.07. The van der Waals surface area contributed by atoms with Crippen molar-refractivity contribution in [2.45, 2.75) is 6.04 Å². The molecule has 3 rings (SSSR count). The highest BCUT2D eigenvalue weighted by molar-refractivity contribution is 6.30. The number of benzene rings is 2. The van der Waals surface area contributed by atoms with Crippen LogP contribution in [-0.4, -0.2) is 44.0 Å². The number of halogens is 3. The Morgan fingerprint density at radius 2 is 1.58 bits per heavy atom. The minimum absolute atomic E-state index is 0. The average molecular weight is 416 g/mol. The number of hydrogen-bond acceptors (Lipinski definition) is 3. The first kappa shape index (κ1) is 22.8. The van der Waals surface area contributed by atoms with Gasteiger partial charge in [-0.15, -0.1) is 24.8 Å². The van der Waals surface area contributed by atoms with Crippen LogP contribution in [0, 0.1) is 0 Å². The van der Waals surface area contributed by atoms with Gasteiger partial charge in [-0.2, -0.15) is 0 Å². The first-order chi connectivity index (χ1) is 11.5.